The van der Waals surface area contributed by atoms with Gasteiger partial charge in [-0.1, -0.05) is 12.1 Å². The van der Waals surface area contributed by atoms with E-state index in [4.69, 9.17) is 0 Å². The first-order valence-corrected chi connectivity index (χ1v) is 6.80. The third kappa shape index (κ3) is 2.98. The molecule has 0 aliphatic rings. The van der Waals surface area contributed by atoms with Gasteiger partial charge in [0.15, 0.2) is 0 Å². The third-order valence-electron chi connectivity index (χ3n) is 3.61. The number of nitrogens with zero attached hydrogens (tertiary/aromatic N) is 4. The van der Waals surface area contributed by atoms with E-state index in [-0.39, 0.29) is 11.6 Å². The van der Waals surface area contributed by atoms with Gasteiger partial charge in [-0.15, -0.1) is 0 Å². The Kier molecular flexibility index (Phi) is 4.25. The summed E-state index contributed by atoms with van der Waals surface area (Å²) in [7, 11) is 3.46. The summed E-state index contributed by atoms with van der Waals surface area (Å²) < 4.78 is 1.67. The van der Waals surface area contributed by atoms with Gasteiger partial charge in [0.05, 0.1) is 16.2 Å². The van der Waals surface area contributed by atoms with Crippen LogP contribution in [0.4, 0.5) is 5.69 Å². The molecule has 2 rings (SSSR count). The maximum atomic E-state index is 12.6. The zero-order valence-electron chi connectivity index (χ0n) is 13.0. The molecule has 0 fully saturated rings. The number of rotatable bonds is 4. The Morgan fingerprint density at radius 3 is 2.64 bits per heavy atom. The summed E-state index contributed by atoms with van der Waals surface area (Å²) in [6.07, 6.45) is 0. The van der Waals surface area contributed by atoms with Crippen LogP contribution in [0, 0.1) is 24.0 Å². The van der Waals surface area contributed by atoms with Gasteiger partial charge in [0, 0.05) is 38.5 Å². The smallest absolute Gasteiger partial charge is 0.269 e. The van der Waals surface area contributed by atoms with E-state index in [9.17, 15) is 14.9 Å². The standard InChI is InChI=1S/C15H18N4O3/c1-10-14(11(2)18(4)16-10)15(20)17(3)9-12-6-5-7-13(8-12)19(21)22/h5-8H,9H2,1-4H3. The summed E-state index contributed by atoms with van der Waals surface area (Å²) >= 11 is 0. The second-order valence-corrected chi connectivity index (χ2v) is 5.26. The lowest BCUT2D eigenvalue weighted by atomic mass is 10.1. The van der Waals surface area contributed by atoms with Crippen LogP contribution in [0.15, 0.2) is 24.3 Å². The first kappa shape index (κ1) is 15.7. The van der Waals surface area contributed by atoms with E-state index in [1.807, 2.05) is 6.92 Å². The number of aromatic nitrogens is 2. The van der Waals surface area contributed by atoms with Crippen molar-refractivity contribution in [2.24, 2.45) is 7.05 Å². The minimum atomic E-state index is -0.444. The summed E-state index contributed by atoms with van der Waals surface area (Å²) in [6.45, 7) is 3.93. The molecule has 0 spiro atoms. The van der Waals surface area contributed by atoms with Gasteiger partial charge < -0.3 is 4.90 Å². The lowest BCUT2D eigenvalue weighted by Gasteiger charge is -2.17. The van der Waals surface area contributed by atoms with Crippen LogP contribution in [0.25, 0.3) is 0 Å². The predicted octanol–water partition coefficient (Wildman–Crippen LogP) is 2.22. The summed E-state index contributed by atoms with van der Waals surface area (Å²) in [4.78, 5) is 24.5. The molecule has 0 N–H and O–H groups in total. The number of nitro groups is 1. The van der Waals surface area contributed by atoms with Gasteiger partial charge in [-0.25, -0.2) is 0 Å². The van der Waals surface area contributed by atoms with Crippen molar-refractivity contribution in [3.8, 4) is 0 Å². The Bertz CT molecular complexity index is 736. The average Bonchev–Trinajstić information content (AvgIpc) is 2.71. The zero-order valence-corrected chi connectivity index (χ0v) is 13.0. The van der Waals surface area contributed by atoms with E-state index in [0.717, 1.165) is 5.69 Å². The Morgan fingerprint density at radius 2 is 2.09 bits per heavy atom. The number of aryl methyl sites for hydroxylation is 2. The van der Waals surface area contributed by atoms with E-state index >= 15 is 0 Å². The lowest BCUT2D eigenvalue weighted by Crippen LogP contribution is -2.27. The molecule has 0 saturated heterocycles. The molecule has 2 aromatic rings. The van der Waals surface area contributed by atoms with Crippen LogP contribution in [0.1, 0.15) is 27.3 Å². The fourth-order valence-electron chi connectivity index (χ4n) is 2.39. The molecule has 0 atom stereocenters. The topological polar surface area (TPSA) is 81.3 Å². The third-order valence-corrected chi connectivity index (χ3v) is 3.61. The molecule has 7 heteroatoms. The van der Waals surface area contributed by atoms with Crippen molar-refractivity contribution in [1.29, 1.82) is 0 Å². The van der Waals surface area contributed by atoms with Crippen molar-refractivity contribution in [2.45, 2.75) is 20.4 Å². The van der Waals surface area contributed by atoms with Gasteiger partial charge in [-0.2, -0.15) is 5.10 Å². The normalized spacial score (nSPS) is 10.5. The van der Waals surface area contributed by atoms with Crippen LogP contribution < -0.4 is 0 Å². The zero-order chi connectivity index (χ0) is 16.4. The fraction of sp³-hybridized carbons (Fsp3) is 0.333. The van der Waals surface area contributed by atoms with Crippen LogP contribution in [0.3, 0.4) is 0 Å². The number of amides is 1. The molecular formula is C15H18N4O3. The summed E-state index contributed by atoms with van der Waals surface area (Å²) in [6, 6.07) is 6.29. The number of nitro benzene ring substituents is 1. The van der Waals surface area contributed by atoms with Crippen LogP contribution in [-0.4, -0.2) is 32.6 Å². The molecule has 0 saturated carbocycles. The van der Waals surface area contributed by atoms with Crippen molar-refractivity contribution in [1.82, 2.24) is 14.7 Å². The molecule has 7 nitrogen and oxygen atoms in total. The Labute approximate surface area is 128 Å². The Morgan fingerprint density at radius 1 is 1.41 bits per heavy atom. The van der Waals surface area contributed by atoms with Crippen molar-refractivity contribution in [2.75, 3.05) is 7.05 Å². The maximum absolute atomic E-state index is 12.6. The highest BCUT2D eigenvalue weighted by Gasteiger charge is 2.21. The van der Waals surface area contributed by atoms with E-state index < -0.39 is 4.92 Å². The number of non-ortho nitro benzene ring substituents is 1. The quantitative estimate of drug-likeness (QED) is 0.640. The summed E-state index contributed by atoms with van der Waals surface area (Å²) in [5, 5.41) is 15.0. The largest absolute Gasteiger partial charge is 0.337 e. The van der Waals surface area contributed by atoms with Crippen molar-refractivity contribution < 1.29 is 9.72 Å². The number of carbonyl (C=O) groups is 1. The number of benzene rings is 1. The molecule has 1 aromatic carbocycles. The van der Waals surface area contributed by atoms with Crippen molar-refractivity contribution in [3.05, 3.63) is 56.9 Å². The minimum absolute atomic E-state index is 0.0205. The number of hydrogen-bond donors (Lipinski definition) is 0. The Balaban J connectivity index is 2.21. The first-order chi connectivity index (χ1) is 10.3. The molecular weight excluding hydrogens is 284 g/mol. The molecule has 1 heterocycles. The molecule has 0 radical (unpaired) electrons. The van der Waals surface area contributed by atoms with Gasteiger partial charge in [-0.05, 0) is 19.4 Å². The van der Waals surface area contributed by atoms with Gasteiger partial charge >= 0.3 is 0 Å². The highest BCUT2D eigenvalue weighted by molar-refractivity contribution is 5.96. The van der Waals surface area contributed by atoms with E-state index in [1.165, 1.54) is 17.0 Å². The lowest BCUT2D eigenvalue weighted by molar-refractivity contribution is -0.384. The maximum Gasteiger partial charge on any atom is 0.269 e. The molecule has 0 aliphatic heterocycles. The monoisotopic (exact) mass is 302 g/mol. The van der Waals surface area contributed by atoms with Gasteiger partial charge in [0.25, 0.3) is 11.6 Å². The van der Waals surface area contributed by atoms with Crippen LogP contribution in [0.2, 0.25) is 0 Å². The van der Waals surface area contributed by atoms with Gasteiger partial charge in [0.1, 0.15) is 0 Å². The second-order valence-electron chi connectivity index (χ2n) is 5.26. The summed E-state index contributed by atoms with van der Waals surface area (Å²) in [5.41, 5.74) is 2.79. The predicted molar refractivity (Wildman–Crippen MR) is 81.6 cm³/mol. The highest BCUT2D eigenvalue weighted by atomic mass is 16.6. The Hall–Kier alpha value is -2.70. The molecule has 0 aliphatic carbocycles. The van der Waals surface area contributed by atoms with E-state index in [2.05, 4.69) is 5.10 Å². The van der Waals surface area contributed by atoms with Gasteiger partial charge in [-0.3, -0.25) is 19.6 Å². The van der Waals surface area contributed by atoms with E-state index in [0.29, 0.717) is 23.4 Å². The van der Waals surface area contributed by atoms with Crippen LogP contribution in [-0.2, 0) is 13.6 Å². The first-order valence-electron chi connectivity index (χ1n) is 6.80. The molecule has 0 unspecified atom stereocenters. The number of hydrogen-bond acceptors (Lipinski definition) is 4. The van der Waals surface area contributed by atoms with E-state index in [1.54, 1.807) is 37.8 Å². The second kappa shape index (κ2) is 5.97. The molecule has 0 bridgehead atoms. The van der Waals surface area contributed by atoms with Crippen molar-refractivity contribution >= 4 is 11.6 Å². The van der Waals surface area contributed by atoms with Crippen LogP contribution in [0.5, 0.6) is 0 Å². The summed E-state index contributed by atoms with van der Waals surface area (Å²) in [5.74, 6) is -0.144. The molecule has 1 amide bonds. The average molecular weight is 302 g/mol. The SMILES string of the molecule is Cc1nn(C)c(C)c1C(=O)N(C)Cc1cccc([N+](=O)[O-])c1. The molecule has 22 heavy (non-hydrogen) atoms. The highest BCUT2D eigenvalue weighted by Crippen LogP contribution is 2.18. The molecule has 116 valence electrons. The van der Waals surface area contributed by atoms with Gasteiger partial charge in [0.2, 0.25) is 0 Å². The minimum Gasteiger partial charge on any atom is -0.337 e. The number of carbonyl (C=O) groups excluding carboxylic acids is 1. The van der Waals surface area contributed by atoms with Crippen LogP contribution >= 0.6 is 0 Å². The van der Waals surface area contributed by atoms with Crippen molar-refractivity contribution in [3.63, 3.8) is 0 Å². The molecule has 1 aromatic heterocycles. The fourth-order valence-corrected chi connectivity index (χ4v) is 2.39.